The van der Waals surface area contributed by atoms with Gasteiger partial charge in [-0.2, -0.15) is 0 Å². The fourth-order valence-electron chi connectivity index (χ4n) is 0.815. The van der Waals surface area contributed by atoms with Gasteiger partial charge < -0.3 is 0 Å². The third-order valence-electron chi connectivity index (χ3n) is 1.48. The minimum Gasteiger partial charge on any atom is -0.224 e. The van der Waals surface area contributed by atoms with Gasteiger partial charge in [-0.25, -0.2) is 8.42 Å². The Labute approximate surface area is 74.9 Å². The third kappa shape index (κ3) is 4.34. The number of allylic oxidation sites excluding steroid dienone is 4. The van der Waals surface area contributed by atoms with Crippen LogP contribution in [0.25, 0.3) is 0 Å². The summed E-state index contributed by atoms with van der Waals surface area (Å²) in [5.41, 5.74) is 0. The van der Waals surface area contributed by atoms with E-state index >= 15 is 0 Å². The summed E-state index contributed by atoms with van der Waals surface area (Å²) in [6.45, 7) is 3.85. The Morgan fingerprint density at radius 3 is 2.25 bits per heavy atom. The summed E-state index contributed by atoms with van der Waals surface area (Å²) >= 11 is 0. The number of hydrogen-bond donors (Lipinski definition) is 0. The van der Waals surface area contributed by atoms with Crippen molar-refractivity contribution < 1.29 is 8.42 Å². The molecule has 0 amide bonds. The quantitative estimate of drug-likeness (QED) is 0.634. The lowest BCUT2D eigenvalue weighted by Crippen LogP contribution is -1.98. The molecule has 0 aromatic rings. The zero-order valence-corrected chi connectivity index (χ0v) is 8.69. The van der Waals surface area contributed by atoms with Crippen molar-refractivity contribution >= 4 is 9.84 Å². The zero-order chi connectivity index (χ0) is 9.61. The molecule has 0 heterocycles. The Hall–Kier alpha value is -0.570. The molecule has 0 atom stereocenters. The Bertz CT molecular complexity index is 271. The van der Waals surface area contributed by atoms with Crippen LogP contribution in [0.2, 0.25) is 0 Å². The summed E-state index contributed by atoms with van der Waals surface area (Å²) in [4.78, 5) is 0.493. The van der Waals surface area contributed by atoms with Crippen molar-refractivity contribution in [3.05, 3.63) is 23.1 Å². The van der Waals surface area contributed by atoms with Crippen molar-refractivity contribution in [1.29, 1.82) is 0 Å². The van der Waals surface area contributed by atoms with E-state index in [-0.39, 0.29) is 0 Å². The summed E-state index contributed by atoms with van der Waals surface area (Å²) in [5.74, 6) is 0. The lowest BCUT2D eigenvalue weighted by Gasteiger charge is -1.97. The Morgan fingerprint density at radius 1 is 1.33 bits per heavy atom. The van der Waals surface area contributed by atoms with E-state index in [0.29, 0.717) is 11.3 Å². The molecule has 2 nitrogen and oxygen atoms in total. The summed E-state index contributed by atoms with van der Waals surface area (Å²) in [6.07, 6.45) is 8.12. The van der Waals surface area contributed by atoms with Crippen LogP contribution < -0.4 is 0 Å². The second kappa shape index (κ2) is 5.14. The van der Waals surface area contributed by atoms with E-state index < -0.39 is 9.84 Å². The van der Waals surface area contributed by atoms with Crippen LogP contribution in [0.1, 0.15) is 26.7 Å². The van der Waals surface area contributed by atoms with Gasteiger partial charge in [0.25, 0.3) is 0 Å². The predicted molar refractivity (Wildman–Crippen MR) is 52.6 cm³/mol. The van der Waals surface area contributed by atoms with Gasteiger partial charge in [0.1, 0.15) is 0 Å². The predicted octanol–water partition coefficient (Wildman–Crippen LogP) is 2.29. The van der Waals surface area contributed by atoms with Crippen molar-refractivity contribution in [3.8, 4) is 0 Å². The first kappa shape index (κ1) is 11.4. The van der Waals surface area contributed by atoms with Crippen LogP contribution in [0.3, 0.4) is 0 Å². The van der Waals surface area contributed by atoms with Gasteiger partial charge in [0.15, 0.2) is 9.84 Å². The molecule has 0 aromatic heterocycles. The molecular weight excluding hydrogens is 172 g/mol. The van der Waals surface area contributed by atoms with Crippen molar-refractivity contribution in [3.63, 3.8) is 0 Å². The summed E-state index contributed by atoms with van der Waals surface area (Å²) in [5, 5.41) is 0. The highest BCUT2D eigenvalue weighted by atomic mass is 32.2. The lowest BCUT2D eigenvalue weighted by atomic mass is 10.3. The highest BCUT2D eigenvalue weighted by molar-refractivity contribution is 7.94. The highest BCUT2D eigenvalue weighted by Gasteiger charge is 2.06. The normalized spacial score (nSPS) is 14.1. The van der Waals surface area contributed by atoms with Crippen LogP contribution in [0.15, 0.2) is 23.1 Å². The van der Waals surface area contributed by atoms with Gasteiger partial charge in [0.2, 0.25) is 0 Å². The van der Waals surface area contributed by atoms with E-state index in [2.05, 4.69) is 0 Å². The van der Waals surface area contributed by atoms with Crippen LogP contribution in [0.5, 0.6) is 0 Å². The standard InChI is InChI=1S/C9H16O2S/c1-4-6-7-8-9(5-2)12(3,10)11/h6-8H,4-5H2,1-3H3/b7-6-,9-8+. The molecule has 0 spiro atoms. The van der Waals surface area contributed by atoms with Gasteiger partial charge in [-0.3, -0.25) is 0 Å². The van der Waals surface area contributed by atoms with E-state index in [1.54, 1.807) is 12.2 Å². The number of rotatable bonds is 4. The van der Waals surface area contributed by atoms with Crippen LogP contribution in [0, 0.1) is 0 Å². The summed E-state index contributed by atoms with van der Waals surface area (Å²) in [6, 6.07) is 0. The van der Waals surface area contributed by atoms with Crippen molar-refractivity contribution in [2.45, 2.75) is 26.7 Å². The van der Waals surface area contributed by atoms with E-state index in [4.69, 9.17) is 0 Å². The van der Waals surface area contributed by atoms with Gasteiger partial charge in [-0.1, -0.05) is 26.0 Å². The summed E-state index contributed by atoms with van der Waals surface area (Å²) in [7, 11) is -2.99. The van der Waals surface area contributed by atoms with Gasteiger partial charge in [0.05, 0.1) is 0 Å². The second-order valence-electron chi connectivity index (χ2n) is 2.60. The SMILES string of the molecule is CC/C=C\C=C(/CC)S(C)(=O)=O. The maximum atomic E-state index is 11.1. The minimum absolute atomic E-state index is 0.493. The maximum absolute atomic E-state index is 11.1. The van der Waals surface area contributed by atoms with Crippen molar-refractivity contribution in [2.75, 3.05) is 6.26 Å². The molecule has 0 N–H and O–H groups in total. The molecule has 0 aliphatic carbocycles. The van der Waals surface area contributed by atoms with Crippen LogP contribution >= 0.6 is 0 Å². The Kier molecular flexibility index (Phi) is 4.90. The molecule has 0 aliphatic rings. The molecule has 0 aliphatic heterocycles. The van der Waals surface area contributed by atoms with Gasteiger partial charge in [0, 0.05) is 11.2 Å². The molecule has 0 saturated heterocycles. The average molecular weight is 188 g/mol. The number of sulfone groups is 1. The van der Waals surface area contributed by atoms with Crippen LogP contribution in [0.4, 0.5) is 0 Å². The molecule has 0 aromatic carbocycles. The van der Waals surface area contributed by atoms with E-state index in [1.165, 1.54) is 6.26 Å². The highest BCUT2D eigenvalue weighted by Crippen LogP contribution is 2.08. The van der Waals surface area contributed by atoms with Crippen LogP contribution in [-0.4, -0.2) is 14.7 Å². The topological polar surface area (TPSA) is 34.1 Å². The molecule has 70 valence electrons. The molecule has 3 heteroatoms. The van der Waals surface area contributed by atoms with Gasteiger partial charge in [-0.05, 0) is 18.9 Å². The van der Waals surface area contributed by atoms with E-state index in [9.17, 15) is 8.42 Å². The minimum atomic E-state index is -2.99. The molecule has 0 saturated carbocycles. The molecule has 0 bridgehead atoms. The van der Waals surface area contributed by atoms with Crippen molar-refractivity contribution in [1.82, 2.24) is 0 Å². The monoisotopic (exact) mass is 188 g/mol. The van der Waals surface area contributed by atoms with Gasteiger partial charge >= 0.3 is 0 Å². The van der Waals surface area contributed by atoms with Gasteiger partial charge in [-0.15, -0.1) is 0 Å². The van der Waals surface area contributed by atoms with E-state index in [0.717, 1.165) is 6.42 Å². The van der Waals surface area contributed by atoms with Crippen LogP contribution in [-0.2, 0) is 9.84 Å². The first-order chi connectivity index (χ1) is 5.52. The molecule has 12 heavy (non-hydrogen) atoms. The fraction of sp³-hybridized carbons (Fsp3) is 0.556. The molecule has 0 rings (SSSR count). The lowest BCUT2D eigenvalue weighted by molar-refractivity contribution is 0.606. The second-order valence-corrected chi connectivity index (χ2v) is 4.66. The smallest absolute Gasteiger partial charge is 0.171 e. The molecule has 0 radical (unpaired) electrons. The average Bonchev–Trinajstić information content (AvgIpc) is 1.95. The van der Waals surface area contributed by atoms with Crippen molar-refractivity contribution in [2.24, 2.45) is 0 Å². The molecule has 0 fully saturated rings. The molecular formula is C9H16O2S. The first-order valence-corrected chi connectivity index (χ1v) is 5.97. The maximum Gasteiger partial charge on any atom is 0.171 e. The Morgan fingerprint density at radius 2 is 1.92 bits per heavy atom. The largest absolute Gasteiger partial charge is 0.224 e. The first-order valence-electron chi connectivity index (χ1n) is 4.08. The third-order valence-corrected chi connectivity index (χ3v) is 2.86. The molecule has 0 unspecified atom stereocenters. The summed E-state index contributed by atoms with van der Waals surface area (Å²) < 4.78 is 22.1. The van der Waals surface area contributed by atoms with E-state index in [1.807, 2.05) is 19.9 Å². The number of hydrogen-bond acceptors (Lipinski definition) is 2. The fourth-order valence-corrected chi connectivity index (χ4v) is 1.67. The zero-order valence-electron chi connectivity index (χ0n) is 7.87. The Balaban J connectivity index is 4.57.